The molecule has 3 fully saturated rings. The van der Waals surface area contributed by atoms with Gasteiger partial charge in [0.25, 0.3) is 0 Å². The molecule has 0 aromatic heterocycles. The Labute approximate surface area is 126 Å². The molecule has 5 heteroatoms. The third kappa shape index (κ3) is 2.35. The van der Waals surface area contributed by atoms with Crippen molar-refractivity contribution >= 4 is 11.8 Å². The van der Waals surface area contributed by atoms with E-state index < -0.39 is 11.6 Å². The molecule has 1 atom stereocenters. The van der Waals surface area contributed by atoms with Gasteiger partial charge in [-0.3, -0.25) is 9.59 Å². The first-order valence-electron chi connectivity index (χ1n) is 8.20. The van der Waals surface area contributed by atoms with E-state index in [2.05, 4.69) is 5.32 Å². The molecule has 1 heterocycles. The molecule has 21 heavy (non-hydrogen) atoms. The lowest BCUT2D eigenvalue weighted by molar-refractivity contribution is -0.165. The molecule has 0 aromatic carbocycles. The van der Waals surface area contributed by atoms with Crippen LogP contribution in [0.25, 0.3) is 0 Å². The summed E-state index contributed by atoms with van der Waals surface area (Å²) in [6.45, 7) is 2.38. The predicted octanol–water partition coefficient (Wildman–Crippen LogP) is 1.61. The van der Waals surface area contributed by atoms with Crippen molar-refractivity contribution in [3.8, 4) is 0 Å². The Balaban J connectivity index is 1.83. The zero-order chi connectivity index (χ0) is 15.1. The van der Waals surface area contributed by atoms with Crippen LogP contribution in [0.15, 0.2) is 0 Å². The first-order chi connectivity index (χ1) is 10.0. The van der Waals surface area contributed by atoms with Crippen molar-refractivity contribution in [2.45, 2.75) is 75.5 Å². The van der Waals surface area contributed by atoms with Crippen molar-refractivity contribution in [1.29, 1.82) is 0 Å². The summed E-state index contributed by atoms with van der Waals surface area (Å²) in [5, 5.41) is 3.03. The number of ether oxygens (including phenoxy) is 1. The van der Waals surface area contributed by atoms with Gasteiger partial charge in [0.1, 0.15) is 11.6 Å². The minimum Gasteiger partial charge on any atom is -0.376 e. The lowest BCUT2D eigenvalue weighted by Gasteiger charge is -2.51. The second-order valence-electron chi connectivity index (χ2n) is 6.98. The third-order valence-electron chi connectivity index (χ3n) is 5.74. The molecule has 0 bridgehead atoms. The van der Waals surface area contributed by atoms with Crippen LogP contribution in [0.4, 0.5) is 0 Å². The summed E-state index contributed by atoms with van der Waals surface area (Å²) >= 11 is 0. The fourth-order valence-electron chi connectivity index (χ4n) is 4.00. The molecule has 0 aromatic rings. The summed E-state index contributed by atoms with van der Waals surface area (Å²) in [5.41, 5.74) is -0.863. The molecule has 0 radical (unpaired) electrons. The Morgan fingerprint density at radius 1 is 1.14 bits per heavy atom. The number of nitrogens with zero attached hydrogens (tertiary/aromatic N) is 1. The number of hydrogen-bond acceptors (Lipinski definition) is 3. The van der Waals surface area contributed by atoms with Crippen LogP contribution >= 0.6 is 0 Å². The minimum atomic E-state index is -0.638. The summed E-state index contributed by atoms with van der Waals surface area (Å²) in [6, 6.07) is -0.391. The number of carbonyl (C=O) groups excluding carboxylic acids is 2. The Bertz CT molecular complexity index is 433. The molecule has 1 aliphatic heterocycles. The van der Waals surface area contributed by atoms with Gasteiger partial charge in [0.15, 0.2) is 0 Å². The summed E-state index contributed by atoms with van der Waals surface area (Å²) in [4.78, 5) is 27.2. The largest absolute Gasteiger partial charge is 0.376 e. The van der Waals surface area contributed by atoms with E-state index in [9.17, 15) is 9.59 Å². The molecule has 1 N–H and O–H groups in total. The van der Waals surface area contributed by atoms with Crippen molar-refractivity contribution in [2.24, 2.45) is 0 Å². The lowest BCUT2D eigenvalue weighted by atomic mass is 9.76. The van der Waals surface area contributed by atoms with Crippen LogP contribution < -0.4 is 5.32 Å². The van der Waals surface area contributed by atoms with Gasteiger partial charge in [0, 0.05) is 7.11 Å². The number of hydrogen-bond donors (Lipinski definition) is 1. The Kier molecular flexibility index (Phi) is 3.72. The van der Waals surface area contributed by atoms with Crippen LogP contribution in [0.2, 0.25) is 0 Å². The van der Waals surface area contributed by atoms with Gasteiger partial charge in [0.05, 0.1) is 12.1 Å². The lowest BCUT2D eigenvalue weighted by Crippen LogP contribution is -2.72. The first kappa shape index (κ1) is 14.8. The van der Waals surface area contributed by atoms with Crippen LogP contribution in [0.3, 0.4) is 0 Å². The smallest absolute Gasteiger partial charge is 0.249 e. The molecule has 2 aliphatic carbocycles. The standard InChI is InChI=1S/C16H26N2O3/c1-12-13(19)17-16(9-4-3-5-10-16)14(20)18(12)11-15(21-2)7-6-8-15/h12H,3-11H2,1-2H3,(H,17,19). The molecule has 5 nitrogen and oxygen atoms in total. The van der Waals surface area contributed by atoms with Crippen LogP contribution in [0.5, 0.6) is 0 Å². The van der Waals surface area contributed by atoms with Gasteiger partial charge in [-0.15, -0.1) is 0 Å². The average molecular weight is 294 g/mol. The molecule has 3 aliphatic rings. The van der Waals surface area contributed by atoms with E-state index in [1.165, 1.54) is 0 Å². The maximum absolute atomic E-state index is 13.0. The van der Waals surface area contributed by atoms with Crippen LogP contribution in [-0.4, -0.2) is 47.6 Å². The zero-order valence-electron chi connectivity index (χ0n) is 13.1. The van der Waals surface area contributed by atoms with Crippen molar-refractivity contribution in [2.75, 3.05) is 13.7 Å². The van der Waals surface area contributed by atoms with Gasteiger partial charge in [-0.2, -0.15) is 0 Å². The van der Waals surface area contributed by atoms with Crippen LogP contribution in [-0.2, 0) is 14.3 Å². The fraction of sp³-hybridized carbons (Fsp3) is 0.875. The topological polar surface area (TPSA) is 58.6 Å². The van der Waals surface area contributed by atoms with E-state index in [1.807, 2.05) is 6.92 Å². The minimum absolute atomic E-state index is 0.0120. The molecule has 118 valence electrons. The first-order valence-corrected chi connectivity index (χ1v) is 8.20. The predicted molar refractivity (Wildman–Crippen MR) is 78.7 cm³/mol. The fourth-order valence-corrected chi connectivity index (χ4v) is 4.00. The maximum atomic E-state index is 13.0. The second kappa shape index (κ2) is 5.27. The normalized spacial score (nSPS) is 31.0. The van der Waals surface area contributed by atoms with Gasteiger partial charge in [-0.05, 0) is 39.0 Å². The molecule has 1 unspecified atom stereocenters. The Hall–Kier alpha value is -1.10. The van der Waals surface area contributed by atoms with E-state index in [4.69, 9.17) is 4.74 Å². The molecule has 1 saturated heterocycles. The molecular formula is C16H26N2O3. The maximum Gasteiger partial charge on any atom is 0.249 e. The quantitative estimate of drug-likeness (QED) is 0.860. The van der Waals surface area contributed by atoms with Gasteiger partial charge in [-0.1, -0.05) is 19.3 Å². The number of carbonyl (C=O) groups is 2. The monoisotopic (exact) mass is 294 g/mol. The summed E-state index contributed by atoms with van der Waals surface area (Å²) < 4.78 is 5.66. The van der Waals surface area contributed by atoms with Crippen LogP contribution in [0.1, 0.15) is 58.3 Å². The van der Waals surface area contributed by atoms with Gasteiger partial charge in [-0.25, -0.2) is 0 Å². The summed E-state index contributed by atoms with van der Waals surface area (Å²) in [5.74, 6) is 0.0969. The highest BCUT2D eigenvalue weighted by atomic mass is 16.5. The van der Waals surface area contributed by atoms with E-state index in [0.29, 0.717) is 6.54 Å². The van der Waals surface area contributed by atoms with Crippen LogP contribution in [0, 0.1) is 0 Å². The van der Waals surface area contributed by atoms with Gasteiger partial charge >= 0.3 is 0 Å². The SMILES string of the molecule is COC1(CN2C(=O)C3(CCCCC3)NC(=O)C2C)CCC1. The summed E-state index contributed by atoms with van der Waals surface area (Å²) in [7, 11) is 1.72. The van der Waals surface area contributed by atoms with Gasteiger partial charge < -0.3 is 15.0 Å². The zero-order valence-corrected chi connectivity index (χ0v) is 13.1. The van der Waals surface area contributed by atoms with E-state index in [-0.39, 0.29) is 17.4 Å². The molecular weight excluding hydrogens is 268 g/mol. The number of nitrogens with one attached hydrogen (secondary N) is 1. The second-order valence-corrected chi connectivity index (χ2v) is 6.98. The van der Waals surface area contributed by atoms with Gasteiger partial charge in [0.2, 0.25) is 11.8 Å². The molecule has 2 amide bonds. The number of amides is 2. The van der Waals surface area contributed by atoms with E-state index >= 15 is 0 Å². The van der Waals surface area contributed by atoms with E-state index in [1.54, 1.807) is 12.0 Å². The average Bonchev–Trinajstić information content (AvgIpc) is 2.45. The molecule has 2 saturated carbocycles. The molecule has 3 rings (SSSR count). The number of rotatable bonds is 3. The Morgan fingerprint density at radius 2 is 1.81 bits per heavy atom. The van der Waals surface area contributed by atoms with E-state index in [0.717, 1.165) is 51.4 Å². The number of methoxy groups -OCH3 is 1. The summed E-state index contributed by atoms with van der Waals surface area (Å²) in [6.07, 6.45) is 7.85. The third-order valence-corrected chi connectivity index (χ3v) is 5.74. The van der Waals surface area contributed by atoms with Crippen molar-refractivity contribution in [1.82, 2.24) is 10.2 Å². The van der Waals surface area contributed by atoms with Crippen molar-refractivity contribution < 1.29 is 14.3 Å². The highest BCUT2D eigenvalue weighted by molar-refractivity contribution is 5.99. The van der Waals surface area contributed by atoms with Crippen molar-refractivity contribution in [3.05, 3.63) is 0 Å². The molecule has 1 spiro atoms. The highest BCUT2D eigenvalue weighted by Crippen LogP contribution is 2.39. The number of piperazine rings is 1. The highest BCUT2D eigenvalue weighted by Gasteiger charge is 2.52. The van der Waals surface area contributed by atoms with Crippen molar-refractivity contribution in [3.63, 3.8) is 0 Å². The Morgan fingerprint density at radius 3 is 2.33 bits per heavy atom.